The molecule has 2 aliphatic rings. The Hall–Kier alpha value is -1.75. The molecule has 0 aromatic heterocycles. The van der Waals surface area contributed by atoms with Gasteiger partial charge in [-0.1, -0.05) is 6.07 Å². The van der Waals surface area contributed by atoms with Gasteiger partial charge in [-0.05, 0) is 50.8 Å². The van der Waals surface area contributed by atoms with Crippen LogP contribution >= 0.6 is 0 Å². The Morgan fingerprint density at radius 2 is 2.00 bits per heavy atom. The molecule has 0 N–H and O–H groups in total. The van der Waals surface area contributed by atoms with Crippen LogP contribution in [0.4, 0.5) is 0 Å². The van der Waals surface area contributed by atoms with E-state index in [1.165, 1.54) is 0 Å². The number of nitrogens with zero attached hydrogens (tertiary/aromatic N) is 1. The molecule has 1 heterocycles. The fraction of sp³-hybridized carbons (Fsp3) is 0.632. The molecule has 0 radical (unpaired) electrons. The number of methoxy groups -OCH3 is 2. The summed E-state index contributed by atoms with van der Waals surface area (Å²) in [5.41, 5.74) is 0.662. The van der Waals surface area contributed by atoms with Gasteiger partial charge >= 0.3 is 0 Å². The second-order valence-electron chi connectivity index (χ2n) is 7.30. The van der Waals surface area contributed by atoms with Crippen LogP contribution in [-0.2, 0) is 16.0 Å². The first kappa shape index (κ1) is 17.1. The van der Waals surface area contributed by atoms with E-state index in [0.717, 1.165) is 24.8 Å². The Kier molecular flexibility index (Phi) is 4.72. The highest BCUT2D eigenvalue weighted by atomic mass is 16.5. The third-order valence-electron chi connectivity index (χ3n) is 4.96. The van der Waals surface area contributed by atoms with Gasteiger partial charge in [0.25, 0.3) is 0 Å². The molecule has 5 nitrogen and oxygen atoms in total. The van der Waals surface area contributed by atoms with Gasteiger partial charge in [-0.2, -0.15) is 0 Å². The molecule has 5 heteroatoms. The molecule has 2 atom stereocenters. The molecule has 0 unspecified atom stereocenters. The molecule has 1 amide bonds. The van der Waals surface area contributed by atoms with E-state index in [-0.39, 0.29) is 23.7 Å². The number of hydrogen-bond acceptors (Lipinski definition) is 4. The van der Waals surface area contributed by atoms with E-state index in [0.29, 0.717) is 24.5 Å². The van der Waals surface area contributed by atoms with Crippen molar-refractivity contribution < 1.29 is 19.0 Å². The van der Waals surface area contributed by atoms with Crippen LogP contribution in [0.25, 0.3) is 0 Å². The molecule has 0 spiro atoms. The van der Waals surface area contributed by atoms with E-state index in [4.69, 9.17) is 14.2 Å². The summed E-state index contributed by atoms with van der Waals surface area (Å²) in [5, 5.41) is 0. The standard InChI is InChI=1S/C19H27NO4/c1-19(2)12-20(14-6-5-7-15(14)24-19)18(21)11-13-8-9-16(22-3)17(10-13)23-4/h8-10,14-15H,5-7,11-12H2,1-4H3/t14-,15-/m1/s1. The van der Waals surface area contributed by atoms with Gasteiger partial charge in [-0.25, -0.2) is 0 Å². The molecule has 3 rings (SSSR count). The average Bonchev–Trinajstić information content (AvgIpc) is 3.00. The van der Waals surface area contributed by atoms with Crippen molar-refractivity contribution in [3.63, 3.8) is 0 Å². The lowest BCUT2D eigenvalue weighted by molar-refractivity contribution is -0.171. The number of carbonyl (C=O) groups is 1. The number of hydrogen-bond donors (Lipinski definition) is 0. The molecule has 1 saturated carbocycles. The van der Waals surface area contributed by atoms with Gasteiger partial charge in [0, 0.05) is 6.54 Å². The van der Waals surface area contributed by atoms with Gasteiger partial charge in [0.15, 0.2) is 11.5 Å². The summed E-state index contributed by atoms with van der Waals surface area (Å²) in [6.45, 7) is 4.79. The quantitative estimate of drug-likeness (QED) is 0.850. The molecule has 2 fully saturated rings. The zero-order valence-corrected chi connectivity index (χ0v) is 15.0. The summed E-state index contributed by atoms with van der Waals surface area (Å²) in [4.78, 5) is 15.0. The molecule has 1 saturated heterocycles. The van der Waals surface area contributed by atoms with Gasteiger partial charge in [-0.15, -0.1) is 0 Å². The highest BCUT2D eigenvalue weighted by molar-refractivity contribution is 5.79. The molecule has 1 aromatic rings. The van der Waals surface area contributed by atoms with Gasteiger partial charge in [0.1, 0.15) is 0 Å². The molecular formula is C19H27NO4. The number of amides is 1. The molecular weight excluding hydrogens is 306 g/mol. The molecule has 1 aliphatic heterocycles. The number of ether oxygens (including phenoxy) is 3. The Bertz CT molecular complexity index is 613. The van der Waals surface area contributed by atoms with E-state index < -0.39 is 0 Å². The number of carbonyl (C=O) groups excluding carboxylic acids is 1. The Balaban J connectivity index is 1.76. The lowest BCUT2D eigenvalue weighted by atomic mass is 9.99. The van der Waals surface area contributed by atoms with Crippen LogP contribution in [0.3, 0.4) is 0 Å². The first-order valence-corrected chi connectivity index (χ1v) is 8.62. The van der Waals surface area contributed by atoms with E-state index in [9.17, 15) is 4.79 Å². The molecule has 1 aromatic carbocycles. The van der Waals surface area contributed by atoms with Gasteiger partial charge < -0.3 is 19.1 Å². The van der Waals surface area contributed by atoms with E-state index in [1.807, 2.05) is 23.1 Å². The molecule has 132 valence electrons. The number of fused-ring (bicyclic) bond motifs is 1. The predicted molar refractivity (Wildman–Crippen MR) is 91.6 cm³/mol. The summed E-state index contributed by atoms with van der Waals surface area (Å²) in [6.07, 6.45) is 3.78. The molecule has 1 aliphatic carbocycles. The first-order chi connectivity index (χ1) is 11.4. The predicted octanol–water partition coefficient (Wildman–Crippen LogP) is 2.80. The van der Waals surface area contributed by atoms with Crippen molar-refractivity contribution in [2.45, 2.75) is 57.3 Å². The van der Waals surface area contributed by atoms with Gasteiger partial charge in [0.2, 0.25) is 5.91 Å². The largest absolute Gasteiger partial charge is 0.493 e. The van der Waals surface area contributed by atoms with Crippen LogP contribution < -0.4 is 9.47 Å². The molecule has 0 bridgehead atoms. The van der Waals surface area contributed by atoms with Crippen molar-refractivity contribution in [1.29, 1.82) is 0 Å². The van der Waals surface area contributed by atoms with Crippen molar-refractivity contribution in [2.24, 2.45) is 0 Å². The maximum atomic E-state index is 13.0. The number of benzene rings is 1. The third-order valence-corrected chi connectivity index (χ3v) is 4.96. The van der Waals surface area contributed by atoms with E-state index in [1.54, 1.807) is 14.2 Å². The highest BCUT2D eigenvalue weighted by Crippen LogP contribution is 2.36. The summed E-state index contributed by atoms with van der Waals surface area (Å²) in [7, 11) is 3.22. The van der Waals surface area contributed by atoms with Crippen LogP contribution in [0.2, 0.25) is 0 Å². The topological polar surface area (TPSA) is 48.0 Å². The minimum Gasteiger partial charge on any atom is -0.493 e. The van der Waals surface area contributed by atoms with Gasteiger partial charge in [-0.3, -0.25) is 4.79 Å². The SMILES string of the molecule is COc1ccc(CC(=O)N2CC(C)(C)O[C@@H]3CCC[C@H]32)cc1OC. The van der Waals surface area contributed by atoms with Crippen molar-refractivity contribution in [3.8, 4) is 11.5 Å². The Morgan fingerprint density at radius 1 is 1.25 bits per heavy atom. The van der Waals surface area contributed by atoms with E-state index in [2.05, 4.69) is 13.8 Å². The maximum absolute atomic E-state index is 13.0. The monoisotopic (exact) mass is 333 g/mol. The van der Waals surface area contributed by atoms with Crippen molar-refractivity contribution >= 4 is 5.91 Å². The highest BCUT2D eigenvalue weighted by Gasteiger charge is 2.44. The number of morpholine rings is 1. The Labute approximate surface area is 143 Å². The Morgan fingerprint density at radius 3 is 2.71 bits per heavy atom. The third kappa shape index (κ3) is 3.36. The van der Waals surface area contributed by atoms with Crippen LogP contribution in [0, 0.1) is 0 Å². The average molecular weight is 333 g/mol. The fourth-order valence-corrected chi connectivity index (χ4v) is 3.91. The van der Waals surface area contributed by atoms with E-state index >= 15 is 0 Å². The normalized spacial score (nSPS) is 25.2. The van der Waals surface area contributed by atoms with Crippen LogP contribution in [0.5, 0.6) is 11.5 Å². The van der Waals surface area contributed by atoms with Crippen molar-refractivity contribution in [1.82, 2.24) is 4.90 Å². The van der Waals surface area contributed by atoms with Crippen LogP contribution in [-0.4, -0.2) is 49.3 Å². The summed E-state index contributed by atoms with van der Waals surface area (Å²) in [6, 6.07) is 5.89. The smallest absolute Gasteiger partial charge is 0.227 e. The number of rotatable bonds is 4. The van der Waals surface area contributed by atoms with Crippen molar-refractivity contribution in [2.75, 3.05) is 20.8 Å². The molecule has 24 heavy (non-hydrogen) atoms. The summed E-state index contributed by atoms with van der Waals surface area (Å²) < 4.78 is 16.8. The van der Waals surface area contributed by atoms with Gasteiger partial charge in [0.05, 0.1) is 38.4 Å². The summed E-state index contributed by atoms with van der Waals surface area (Å²) in [5.74, 6) is 1.50. The lowest BCUT2D eigenvalue weighted by Gasteiger charge is -2.46. The second-order valence-corrected chi connectivity index (χ2v) is 7.30. The maximum Gasteiger partial charge on any atom is 0.227 e. The lowest BCUT2D eigenvalue weighted by Crippen LogP contribution is -2.58. The summed E-state index contributed by atoms with van der Waals surface area (Å²) >= 11 is 0. The minimum atomic E-state index is -0.279. The minimum absolute atomic E-state index is 0.162. The van der Waals surface area contributed by atoms with Crippen molar-refractivity contribution in [3.05, 3.63) is 23.8 Å². The first-order valence-electron chi connectivity index (χ1n) is 8.62. The van der Waals surface area contributed by atoms with Crippen LogP contribution in [0.15, 0.2) is 18.2 Å². The fourth-order valence-electron chi connectivity index (χ4n) is 3.91. The zero-order chi connectivity index (χ0) is 17.3. The second kappa shape index (κ2) is 6.63. The zero-order valence-electron chi connectivity index (χ0n) is 15.0. The van der Waals surface area contributed by atoms with Crippen LogP contribution in [0.1, 0.15) is 38.7 Å².